The molecule has 0 aromatic carbocycles. The van der Waals surface area contributed by atoms with Gasteiger partial charge in [-0.25, -0.2) is 0 Å². The highest BCUT2D eigenvalue weighted by molar-refractivity contribution is 7.99. The largest absolute Gasteiger partial charge is 0.316 e. The van der Waals surface area contributed by atoms with Crippen molar-refractivity contribution in [1.29, 1.82) is 0 Å². The van der Waals surface area contributed by atoms with Gasteiger partial charge in [-0.2, -0.15) is 16.9 Å². The zero-order valence-corrected chi connectivity index (χ0v) is 14.4. The SMILES string of the molecule is CNC(CSC1CCCCC1)Cc1c(Cl)c(C)nn1C. The minimum Gasteiger partial charge on any atom is -0.316 e. The van der Waals surface area contributed by atoms with Crippen molar-refractivity contribution < 1.29 is 0 Å². The van der Waals surface area contributed by atoms with Gasteiger partial charge < -0.3 is 5.32 Å². The molecule has 0 saturated heterocycles. The Morgan fingerprint density at radius 2 is 2.10 bits per heavy atom. The number of thioether (sulfide) groups is 1. The molecule has 114 valence electrons. The molecule has 0 bridgehead atoms. The lowest BCUT2D eigenvalue weighted by Gasteiger charge is -2.24. The number of aryl methyl sites for hydroxylation is 2. The molecule has 1 aromatic heterocycles. The maximum Gasteiger partial charge on any atom is 0.0847 e. The lowest BCUT2D eigenvalue weighted by atomic mass is 10.0. The van der Waals surface area contributed by atoms with Crippen molar-refractivity contribution in [2.45, 2.75) is 56.7 Å². The first kappa shape index (κ1) is 16.2. The quantitative estimate of drug-likeness (QED) is 0.870. The van der Waals surface area contributed by atoms with E-state index >= 15 is 0 Å². The molecular weight excluding hydrogens is 290 g/mol. The summed E-state index contributed by atoms with van der Waals surface area (Å²) in [6.45, 7) is 1.97. The van der Waals surface area contributed by atoms with Crippen LogP contribution in [-0.4, -0.2) is 33.9 Å². The highest BCUT2D eigenvalue weighted by atomic mass is 35.5. The molecule has 1 aromatic rings. The molecule has 3 nitrogen and oxygen atoms in total. The second kappa shape index (κ2) is 7.71. The van der Waals surface area contributed by atoms with E-state index in [-0.39, 0.29) is 0 Å². The molecule has 1 aliphatic carbocycles. The number of hydrogen-bond acceptors (Lipinski definition) is 3. The summed E-state index contributed by atoms with van der Waals surface area (Å²) >= 11 is 8.48. The summed E-state index contributed by atoms with van der Waals surface area (Å²) in [4.78, 5) is 0. The maximum atomic E-state index is 6.35. The number of halogens is 1. The van der Waals surface area contributed by atoms with Crippen molar-refractivity contribution >= 4 is 23.4 Å². The molecule has 2 rings (SSSR count). The molecule has 1 fully saturated rings. The second-order valence-corrected chi connectivity index (χ2v) is 7.46. The molecule has 1 saturated carbocycles. The summed E-state index contributed by atoms with van der Waals surface area (Å²) in [6, 6.07) is 0.467. The van der Waals surface area contributed by atoms with Gasteiger partial charge in [0.2, 0.25) is 0 Å². The van der Waals surface area contributed by atoms with Crippen LogP contribution in [0.4, 0.5) is 0 Å². The first-order chi connectivity index (χ1) is 9.61. The third-order valence-corrected chi connectivity index (χ3v) is 6.22. The number of hydrogen-bond donors (Lipinski definition) is 1. The predicted molar refractivity (Wildman–Crippen MR) is 88.8 cm³/mol. The maximum absolute atomic E-state index is 6.35. The van der Waals surface area contributed by atoms with E-state index in [9.17, 15) is 0 Å². The van der Waals surface area contributed by atoms with Gasteiger partial charge in [0.25, 0.3) is 0 Å². The fraction of sp³-hybridized carbons (Fsp3) is 0.800. The Morgan fingerprint density at radius 1 is 1.40 bits per heavy atom. The van der Waals surface area contributed by atoms with Crippen molar-refractivity contribution in [2.24, 2.45) is 7.05 Å². The number of nitrogens with one attached hydrogen (secondary N) is 1. The Balaban J connectivity index is 1.88. The van der Waals surface area contributed by atoms with Gasteiger partial charge in [-0.05, 0) is 26.8 Å². The van der Waals surface area contributed by atoms with Gasteiger partial charge in [0, 0.05) is 30.5 Å². The van der Waals surface area contributed by atoms with E-state index in [2.05, 4.69) is 22.2 Å². The molecule has 1 aliphatic rings. The van der Waals surface area contributed by atoms with E-state index < -0.39 is 0 Å². The van der Waals surface area contributed by atoms with Crippen LogP contribution in [-0.2, 0) is 13.5 Å². The Bertz CT molecular complexity index is 427. The summed E-state index contributed by atoms with van der Waals surface area (Å²) in [5.74, 6) is 1.15. The van der Waals surface area contributed by atoms with Crippen molar-refractivity contribution in [3.05, 3.63) is 16.4 Å². The number of rotatable bonds is 6. The van der Waals surface area contributed by atoms with Gasteiger partial charge in [-0.3, -0.25) is 4.68 Å². The Kier molecular flexibility index (Phi) is 6.24. The van der Waals surface area contributed by atoms with E-state index in [0.29, 0.717) is 6.04 Å². The minimum absolute atomic E-state index is 0.467. The average molecular weight is 316 g/mol. The van der Waals surface area contributed by atoms with Crippen LogP contribution in [0.1, 0.15) is 43.5 Å². The van der Waals surface area contributed by atoms with Crippen molar-refractivity contribution in [3.8, 4) is 0 Å². The summed E-state index contributed by atoms with van der Waals surface area (Å²) in [6.07, 6.45) is 7.99. The van der Waals surface area contributed by atoms with Crippen LogP contribution in [0, 0.1) is 6.92 Å². The van der Waals surface area contributed by atoms with E-state index in [1.807, 2.05) is 25.7 Å². The fourth-order valence-corrected chi connectivity index (χ4v) is 4.56. The molecule has 1 N–H and O–H groups in total. The fourth-order valence-electron chi connectivity index (χ4n) is 2.86. The molecule has 0 aliphatic heterocycles. The highest BCUT2D eigenvalue weighted by Crippen LogP contribution is 2.29. The third kappa shape index (κ3) is 4.15. The third-order valence-electron chi connectivity index (χ3n) is 4.19. The Labute approximate surface area is 131 Å². The van der Waals surface area contributed by atoms with Gasteiger partial charge in [0.15, 0.2) is 0 Å². The number of likely N-dealkylation sites (N-methyl/N-ethyl adjacent to an activating group) is 1. The minimum atomic E-state index is 0.467. The average Bonchev–Trinajstić information content (AvgIpc) is 2.70. The van der Waals surface area contributed by atoms with Crippen molar-refractivity contribution in [3.63, 3.8) is 0 Å². The lowest BCUT2D eigenvalue weighted by molar-refractivity contribution is 0.513. The topological polar surface area (TPSA) is 29.9 Å². The molecule has 0 amide bonds. The zero-order valence-electron chi connectivity index (χ0n) is 12.8. The van der Waals surface area contributed by atoms with Crippen LogP contribution < -0.4 is 5.32 Å². The van der Waals surface area contributed by atoms with Gasteiger partial charge >= 0.3 is 0 Å². The number of nitrogens with zero attached hydrogens (tertiary/aromatic N) is 2. The van der Waals surface area contributed by atoms with Gasteiger partial charge in [0.1, 0.15) is 0 Å². The standard InChI is InChI=1S/C15H26ClN3S/c1-11-15(16)14(19(3)18-11)9-12(17-2)10-20-13-7-5-4-6-8-13/h12-13,17H,4-10H2,1-3H3. The predicted octanol–water partition coefficient (Wildman–Crippen LogP) is 3.58. The first-order valence-electron chi connectivity index (χ1n) is 7.58. The summed E-state index contributed by atoms with van der Waals surface area (Å²) < 4.78 is 1.92. The van der Waals surface area contributed by atoms with Crippen LogP contribution >= 0.6 is 23.4 Å². The first-order valence-corrected chi connectivity index (χ1v) is 9.01. The molecule has 1 heterocycles. The molecule has 1 unspecified atom stereocenters. The van der Waals surface area contributed by atoms with Gasteiger partial charge in [0.05, 0.1) is 16.4 Å². The van der Waals surface area contributed by atoms with Gasteiger partial charge in [-0.15, -0.1) is 0 Å². The molecular formula is C15H26ClN3S. The van der Waals surface area contributed by atoms with Crippen LogP contribution in [0.25, 0.3) is 0 Å². The molecule has 1 atom stereocenters. The van der Waals surface area contributed by atoms with E-state index in [1.54, 1.807) is 0 Å². The molecule has 0 spiro atoms. The van der Waals surface area contributed by atoms with E-state index in [4.69, 9.17) is 11.6 Å². The monoisotopic (exact) mass is 315 g/mol. The molecule has 20 heavy (non-hydrogen) atoms. The second-order valence-electron chi connectivity index (χ2n) is 5.75. The van der Waals surface area contributed by atoms with E-state index in [1.165, 1.54) is 32.1 Å². The van der Waals surface area contributed by atoms with Crippen molar-refractivity contribution in [2.75, 3.05) is 12.8 Å². The van der Waals surface area contributed by atoms with Crippen LogP contribution in [0.15, 0.2) is 0 Å². The zero-order chi connectivity index (χ0) is 14.5. The number of aromatic nitrogens is 2. The normalized spacial score (nSPS) is 18.4. The van der Waals surface area contributed by atoms with Crippen LogP contribution in [0.3, 0.4) is 0 Å². The highest BCUT2D eigenvalue weighted by Gasteiger charge is 2.19. The lowest BCUT2D eigenvalue weighted by Crippen LogP contribution is -2.32. The Hall–Kier alpha value is -0.190. The van der Waals surface area contributed by atoms with Gasteiger partial charge in [-0.1, -0.05) is 30.9 Å². The summed E-state index contributed by atoms with van der Waals surface area (Å²) in [7, 11) is 4.03. The van der Waals surface area contributed by atoms with Crippen LogP contribution in [0.5, 0.6) is 0 Å². The Morgan fingerprint density at radius 3 is 2.65 bits per heavy atom. The van der Waals surface area contributed by atoms with Crippen molar-refractivity contribution in [1.82, 2.24) is 15.1 Å². The molecule has 0 radical (unpaired) electrons. The molecule has 5 heteroatoms. The smallest absolute Gasteiger partial charge is 0.0847 e. The van der Waals surface area contributed by atoms with E-state index in [0.717, 1.165) is 33.8 Å². The summed E-state index contributed by atoms with van der Waals surface area (Å²) in [5.41, 5.74) is 2.08. The van der Waals surface area contributed by atoms with Crippen LogP contribution in [0.2, 0.25) is 5.02 Å². The summed E-state index contributed by atoms with van der Waals surface area (Å²) in [5, 5.41) is 9.52.